The highest BCUT2D eigenvalue weighted by atomic mass is 35.5. The monoisotopic (exact) mass is 493 g/mol. The van der Waals surface area contributed by atoms with Crippen molar-refractivity contribution in [3.8, 4) is 11.1 Å². The van der Waals surface area contributed by atoms with Gasteiger partial charge in [-0.25, -0.2) is 18.4 Å². The second-order valence-electron chi connectivity index (χ2n) is 7.94. The van der Waals surface area contributed by atoms with Gasteiger partial charge in [0.1, 0.15) is 11.6 Å². The fraction of sp³-hybridized carbons (Fsp3) is 0.167. The fourth-order valence-corrected chi connectivity index (χ4v) is 5.08. The van der Waals surface area contributed by atoms with Crippen molar-refractivity contribution in [1.29, 1.82) is 0 Å². The number of benzene rings is 2. The molecule has 1 saturated heterocycles. The van der Waals surface area contributed by atoms with Gasteiger partial charge in [-0.1, -0.05) is 35.9 Å². The average molecular weight is 494 g/mol. The molecule has 1 aliphatic rings. The number of anilines is 2. The molecule has 5 rings (SSSR count). The number of hydrogen-bond acceptors (Lipinski definition) is 7. The van der Waals surface area contributed by atoms with Crippen LogP contribution in [0.25, 0.3) is 22.2 Å². The molecule has 10 heteroatoms. The molecule has 1 N–H and O–H groups in total. The smallest absolute Gasteiger partial charge is 0.261 e. The van der Waals surface area contributed by atoms with Crippen LogP contribution in [-0.2, 0) is 14.8 Å². The van der Waals surface area contributed by atoms with Crippen molar-refractivity contribution >= 4 is 49.9 Å². The van der Waals surface area contributed by atoms with Crippen molar-refractivity contribution in [2.75, 3.05) is 22.7 Å². The molecule has 0 amide bonds. The van der Waals surface area contributed by atoms with Crippen LogP contribution in [0.1, 0.15) is 12.8 Å². The Bertz CT molecular complexity index is 1490. The number of ketones is 1. The summed E-state index contributed by atoms with van der Waals surface area (Å²) in [6.07, 6.45) is 4.32. The summed E-state index contributed by atoms with van der Waals surface area (Å²) in [4.78, 5) is 27.2. The van der Waals surface area contributed by atoms with Gasteiger partial charge in [0.2, 0.25) is 0 Å². The molecule has 0 unspecified atom stereocenters. The second-order valence-corrected chi connectivity index (χ2v) is 9.98. The third-order valence-electron chi connectivity index (χ3n) is 5.64. The Labute approximate surface area is 201 Å². The van der Waals surface area contributed by atoms with E-state index in [0.717, 1.165) is 16.9 Å². The molecule has 0 atom stereocenters. The minimum absolute atomic E-state index is 0.0470. The maximum absolute atomic E-state index is 12.7. The Morgan fingerprint density at radius 2 is 1.65 bits per heavy atom. The minimum Gasteiger partial charge on any atom is -0.354 e. The number of nitrogens with zero attached hydrogens (tertiary/aromatic N) is 4. The van der Waals surface area contributed by atoms with Gasteiger partial charge in [-0.15, -0.1) is 0 Å². The molecule has 3 heterocycles. The maximum atomic E-state index is 12.7. The summed E-state index contributed by atoms with van der Waals surface area (Å²) in [7, 11) is -3.82. The van der Waals surface area contributed by atoms with E-state index in [0.29, 0.717) is 37.0 Å². The van der Waals surface area contributed by atoms with Crippen molar-refractivity contribution in [2.45, 2.75) is 17.7 Å². The van der Waals surface area contributed by atoms with Gasteiger partial charge in [0, 0.05) is 37.7 Å². The summed E-state index contributed by atoms with van der Waals surface area (Å²) < 4.78 is 28.0. The number of hydrogen-bond donors (Lipinski definition) is 1. The van der Waals surface area contributed by atoms with Crippen molar-refractivity contribution < 1.29 is 13.2 Å². The van der Waals surface area contributed by atoms with Crippen LogP contribution in [0, 0.1) is 0 Å². The van der Waals surface area contributed by atoms with Gasteiger partial charge in [-0.3, -0.25) is 14.5 Å². The second kappa shape index (κ2) is 9.00. The van der Waals surface area contributed by atoms with E-state index in [1.807, 2.05) is 18.2 Å². The number of sulfonamides is 1. The number of carbonyl (C=O) groups is 1. The van der Waals surface area contributed by atoms with E-state index in [-0.39, 0.29) is 21.5 Å². The van der Waals surface area contributed by atoms with E-state index in [2.05, 4.69) is 19.6 Å². The van der Waals surface area contributed by atoms with E-state index < -0.39 is 10.0 Å². The number of Topliss-reactive ketones (excluding diaryl/α,β-unsaturated/α-hetero) is 1. The Kier molecular flexibility index (Phi) is 5.89. The molecule has 4 aromatic rings. The van der Waals surface area contributed by atoms with Gasteiger partial charge in [-0.05, 0) is 35.9 Å². The SMILES string of the molecule is O=C1CCN(c2cnc3ccc(-c4cnc(Cl)c(NS(=O)(=O)c5ccccc5)c4)cc3n2)CC1. The molecule has 2 aromatic heterocycles. The Balaban J connectivity index is 1.47. The van der Waals surface area contributed by atoms with Crippen molar-refractivity contribution in [3.63, 3.8) is 0 Å². The topological polar surface area (TPSA) is 105 Å². The molecule has 0 radical (unpaired) electrons. The van der Waals surface area contributed by atoms with E-state index in [1.165, 1.54) is 12.1 Å². The first kappa shape index (κ1) is 22.2. The number of rotatable bonds is 5. The van der Waals surface area contributed by atoms with E-state index in [4.69, 9.17) is 16.6 Å². The Morgan fingerprint density at radius 3 is 2.41 bits per heavy atom. The average Bonchev–Trinajstić information content (AvgIpc) is 2.85. The molecule has 1 fully saturated rings. The van der Waals surface area contributed by atoms with Gasteiger partial charge in [-0.2, -0.15) is 0 Å². The van der Waals surface area contributed by atoms with E-state index >= 15 is 0 Å². The zero-order valence-electron chi connectivity index (χ0n) is 18.0. The van der Waals surface area contributed by atoms with Crippen LogP contribution in [0.5, 0.6) is 0 Å². The first-order valence-corrected chi connectivity index (χ1v) is 12.5. The Hall–Kier alpha value is -3.56. The van der Waals surface area contributed by atoms with Crippen molar-refractivity contribution in [1.82, 2.24) is 15.0 Å². The molecule has 0 aliphatic carbocycles. The molecular formula is C24H20ClN5O3S. The van der Waals surface area contributed by atoms with Gasteiger partial charge in [0.05, 0.1) is 27.8 Å². The molecule has 0 saturated carbocycles. The van der Waals surface area contributed by atoms with Crippen LogP contribution in [0.15, 0.2) is 71.9 Å². The molecule has 0 bridgehead atoms. The lowest BCUT2D eigenvalue weighted by atomic mass is 10.1. The lowest BCUT2D eigenvalue weighted by Crippen LogP contribution is -2.34. The van der Waals surface area contributed by atoms with E-state index in [9.17, 15) is 13.2 Å². The number of nitrogens with one attached hydrogen (secondary N) is 1. The van der Waals surface area contributed by atoms with Crippen molar-refractivity contribution in [3.05, 3.63) is 72.1 Å². The lowest BCUT2D eigenvalue weighted by molar-refractivity contribution is -0.119. The van der Waals surface area contributed by atoms with Gasteiger partial charge < -0.3 is 4.90 Å². The number of halogens is 1. The number of pyridine rings is 1. The molecule has 172 valence electrons. The summed E-state index contributed by atoms with van der Waals surface area (Å²) in [5.74, 6) is 0.990. The van der Waals surface area contributed by atoms with Crippen LogP contribution in [0.3, 0.4) is 0 Å². The van der Waals surface area contributed by atoms with Gasteiger partial charge in [0.15, 0.2) is 5.15 Å². The molecule has 34 heavy (non-hydrogen) atoms. The molecule has 1 aliphatic heterocycles. The molecular weight excluding hydrogens is 474 g/mol. The number of piperidine rings is 1. The zero-order chi connectivity index (χ0) is 23.7. The highest BCUT2D eigenvalue weighted by molar-refractivity contribution is 7.92. The number of fused-ring (bicyclic) bond motifs is 1. The molecule has 8 nitrogen and oxygen atoms in total. The van der Waals surface area contributed by atoms with Crippen LogP contribution >= 0.6 is 11.6 Å². The van der Waals surface area contributed by atoms with Crippen LogP contribution in [0.4, 0.5) is 11.5 Å². The first-order valence-electron chi connectivity index (χ1n) is 10.7. The van der Waals surface area contributed by atoms with Crippen LogP contribution in [0.2, 0.25) is 5.15 Å². The van der Waals surface area contributed by atoms with Gasteiger partial charge >= 0.3 is 0 Å². The number of carbonyl (C=O) groups excluding carboxylic acids is 1. The molecule has 0 spiro atoms. The lowest BCUT2D eigenvalue weighted by Gasteiger charge is -2.26. The quantitative estimate of drug-likeness (QED) is 0.413. The minimum atomic E-state index is -3.82. The predicted molar refractivity (Wildman–Crippen MR) is 131 cm³/mol. The van der Waals surface area contributed by atoms with Crippen LogP contribution < -0.4 is 9.62 Å². The maximum Gasteiger partial charge on any atom is 0.261 e. The van der Waals surface area contributed by atoms with E-state index in [1.54, 1.807) is 36.7 Å². The summed E-state index contributed by atoms with van der Waals surface area (Å²) in [5, 5.41) is 0.0470. The first-order chi connectivity index (χ1) is 16.4. The molecule has 2 aromatic carbocycles. The standard InChI is InChI=1S/C24H20ClN5O3S/c25-24-22(29-34(32,33)19-4-2-1-3-5-19)13-17(14-27-24)16-6-7-20-21(12-16)28-23(15-26-20)30-10-8-18(31)9-11-30/h1-7,12-15,29H,8-11H2. The highest BCUT2D eigenvalue weighted by Crippen LogP contribution is 2.30. The predicted octanol–water partition coefficient (Wildman–Crippen LogP) is 4.32. The zero-order valence-corrected chi connectivity index (χ0v) is 19.6. The van der Waals surface area contributed by atoms with Crippen molar-refractivity contribution in [2.24, 2.45) is 0 Å². The fourth-order valence-electron chi connectivity index (χ4n) is 3.80. The largest absolute Gasteiger partial charge is 0.354 e. The summed E-state index contributed by atoms with van der Waals surface area (Å²) in [6, 6.07) is 15.3. The number of aromatic nitrogens is 3. The van der Waals surface area contributed by atoms with Gasteiger partial charge in [0.25, 0.3) is 10.0 Å². The van der Waals surface area contributed by atoms with Crippen LogP contribution in [-0.4, -0.2) is 42.2 Å². The normalized spacial score (nSPS) is 14.4. The summed E-state index contributed by atoms with van der Waals surface area (Å²) in [5.41, 5.74) is 3.06. The highest BCUT2D eigenvalue weighted by Gasteiger charge is 2.19. The third-order valence-corrected chi connectivity index (χ3v) is 7.33. The summed E-state index contributed by atoms with van der Waals surface area (Å²) >= 11 is 6.20. The summed E-state index contributed by atoms with van der Waals surface area (Å²) in [6.45, 7) is 1.26. The Morgan fingerprint density at radius 1 is 0.882 bits per heavy atom. The third kappa shape index (κ3) is 4.57.